The van der Waals surface area contributed by atoms with Crippen LogP contribution in [0.1, 0.15) is 35.4 Å². The molecule has 0 unspecified atom stereocenters. The molecule has 0 bridgehead atoms. The van der Waals surface area contributed by atoms with E-state index < -0.39 is 17.3 Å². The molecule has 2 aliphatic rings. The van der Waals surface area contributed by atoms with Crippen molar-refractivity contribution < 1.29 is 17.9 Å². The summed E-state index contributed by atoms with van der Waals surface area (Å²) in [6.45, 7) is 10.1. The molecule has 0 amide bonds. The van der Waals surface area contributed by atoms with Crippen molar-refractivity contribution in [2.75, 3.05) is 19.6 Å². The van der Waals surface area contributed by atoms with E-state index in [-0.39, 0.29) is 12.1 Å². The summed E-state index contributed by atoms with van der Waals surface area (Å²) in [6, 6.07) is 8.09. The Kier molecular flexibility index (Phi) is 4.62. The minimum Gasteiger partial charge on any atom is -0.481 e. The average molecular weight is 388 g/mol. The van der Waals surface area contributed by atoms with Crippen LogP contribution in [0.3, 0.4) is 0 Å². The molecule has 3 heterocycles. The molecule has 0 saturated carbocycles. The largest absolute Gasteiger partial charge is 0.481 e. The van der Waals surface area contributed by atoms with Crippen molar-refractivity contribution in [3.05, 3.63) is 72.1 Å². The van der Waals surface area contributed by atoms with Gasteiger partial charge in [-0.2, -0.15) is 13.2 Å². The van der Waals surface area contributed by atoms with Crippen LogP contribution in [-0.4, -0.2) is 29.1 Å². The lowest BCUT2D eigenvalue weighted by Crippen LogP contribution is -2.46. The summed E-state index contributed by atoms with van der Waals surface area (Å²) < 4.78 is 49.3. The van der Waals surface area contributed by atoms with Crippen molar-refractivity contribution >= 4 is 6.08 Å². The van der Waals surface area contributed by atoms with Crippen LogP contribution in [0.15, 0.2) is 49.6 Å². The molecular weight excluding hydrogens is 365 g/mol. The van der Waals surface area contributed by atoms with Crippen LogP contribution in [0.5, 0.6) is 5.75 Å². The molecular formula is C22H23F3N2O. The van der Waals surface area contributed by atoms with Crippen LogP contribution in [0, 0.1) is 0 Å². The predicted molar refractivity (Wildman–Crippen MR) is 103 cm³/mol. The highest BCUT2D eigenvalue weighted by Crippen LogP contribution is 2.45. The van der Waals surface area contributed by atoms with Gasteiger partial charge >= 0.3 is 6.18 Å². The maximum absolute atomic E-state index is 13.7. The minimum absolute atomic E-state index is 0.118. The van der Waals surface area contributed by atoms with Crippen molar-refractivity contribution in [1.29, 1.82) is 0 Å². The molecule has 0 radical (unpaired) electrons. The maximum Gasteiger partial charge on any atom is 0.416 e. The Bertz CT molecular complexity index is 905. The molecule has 1 aromatic carbocycles. The zero-order valence-corrected chi connectivity index (χ0v) is 15.6. The van der Waals surface area contributed by atoms with E-state index in [2.05, 4.69) is 18.1 Å². The number of rotatable bonds is 3. The van der Waals surface area contributed by atoms with Gasteiger partial charge in [-0.3, -0.25) is 4.90 Å². The Balaban J connectivity index is 1.84. The molecule has 1 aromatic heterocycles. The molecule has 0 N–H and O–H groups in total. The van der Waals surface area contributed by atoms with Crippen LogP contribution in [-0.2, 0) is 18.3 Å². The fraction of sp³-hybridized carbons (Fsp3) is 0.364. The SMILES string of the molecule is C=CCN1CCC2(CC1)Oc1cccc(C(F)(F)F)c1Cn1c(C=C)ccc12. The molecule has 28 heavy (non-hydrogen) atoms. The number of piperidine rings is 1. The third kappa shape index (κ3) is 3.05. The molecule has 0 atom stereocenters. The molecule has 6 heteroatoms. The number of hydrogen-bond acceptors (Lipinski definition) is 2. The van der Waals surface area contributed by atoms with Gasteiger partial charge in [-0.1, -0.05) is 18.7 Å². The first-order valence-corrected chi connectivity index (χ1v) is 9.42. The first-order valence-electron chi connectivity index (χ1n) is 9.42. The van der Waals surface area contributed by atoms with Gasteiger partial charge in [-0.15, -0.1) is 6.58 Å². The Morgan fingerprint density at radius 3 is 2.50 bits per heavy atom. The lowest BCUT2D eigenvalue weighted by Gasteiger charge is -2.41. The fourth-order valence-corrected chi connectivity index (χ4v) is 4.38. The summed E-state index contributed by atoms with van der Waals surface area (Å²) in [5.41, 5.74) is 0.622. The van der Waals surface area contributed by atoms with E-state index in [9.17, 15) is 13.2 Å². The maximum atomic E-state index is 13.7. The number of nitrogens with zero attached hydrogens (tertiary/aromatic N) is 2. The van der Waals surface area contributed by atoms with Crippen LogP contribution >= 0.6 is 0 Å². The van der Waals surface area contributed by atoms with Crippen molar-refractivity contribution in [2.45, 2.75) is 31.2 Å². The van der Waals surface area contributed by atoms with Gasteiger partial charge in [0.2, 0.25) is 0 Å². The van der Waals surface area contributed by atoms with Gasteiger partial charge in [0, 0.05) is 43.7 Å². The fourth-order valence-electron chi connectivity index (χ4n) is 4.38. The van der Waals surface area contributed by atoms with Gasteiger partial charge in [0.1, 0.15) is 5.75 Å². The number of halogens is 3. The number of aromatic nitrogens is 1. The average Bonchev–Trinajstić information content (AvgIpc) is 3.02. The number of likely N-dealkylation sites (tertiary alicyclic amines) is 1. The quantitative estimate of drug-likeness (QED) is 0.683. The summed E-state index contributed by atoms with van der Waals surface area (Å²) in [5.74, 6) is 0.325. The van der Waals surface area contributed by atoms with E-state index in [0.717, 1.165) is 37.1 Å². The summed E-state index contributed by atoms with van der Waals surface area (Å²) in [5, 5.41) is 0. The van der Waals surface area contributed by atoms with E-state index in [1.807, 2.05) is 22.8 Å². The summed E-state index contributed by atoms with van der Waals surface area (Å²) in [7, 11) is 0. The molecule has 4 rings (SSSR count). The molecule has 1 saturated heterocycles. The second-order valence-electron chi connectivity index (χ2n) is 7.40. The topological polar surface area (TPSA) is 17.4 Å². The Morgan fingerprint density at radius 2 is 1.86 bits per heavy atom. The second kappa shape index (κ2) is 6.85. The smallest absolute Gasteiger partial charge is 0.416 e. The summed E-state index contributed by atoms with van der Waals surface area (Å²) in [6.07, 6.45) is 0.538. The predicted octanol–water partition coefficient (Wildman–Crippen LogP) is 5.07. The van der Waals surface area contributed by atoms with Crippen molar-refractivity contribution in [3.8, 4) is 5.75 Å². The first kappa shape index (κ1) is 18.9. The highest BCUT2D eigenvalue weighted by molar-refractivity contribution is 5.50. The number of ether oxygens (including phenoxy) is 1. The van der Waals surface area contributed by atoms with Gasteiger partial charge in [0.25, 0.3) is 0 Å². The van der Waals surface area contributed by atoms with Gasteiger partial charge in [0.05, 0.1) is 17.8 Å². The Labute approximate surface area is 162 Å². The van der Waals surface area contributed by atoms with Crippen molar-refractivity contribution in [3.63, 3.8) is 0 Å². The zero-order chi connectivity index (χ0) is 19.9. The third-order valence-electron chi connectivity index (χ3n) is 5.80. The number of fused-ring (bicyclic) bond motifs is 3. The van der Waals surface area contributed by atoms with Crippen molar-refractivity contribution in [2.24, 2.45) is 0 Å². The normalized spacial score (nSPS) is 18.7. The number of alkyl halides is 3. The van der Waals surface area contributed by atoms with E-state index in [1.54, 1.807) is 12.1 Å². The minimum atomic E-state index is -4.43. The number of hydrogen-bond donors (Lipinski definition) is 0. The zero-order valence-electron chi connectivity index (χ0n) is 15.6. The summed E-state index contributed by atoms with van der Waals surface area (Å²) >= 11 is 0. The van der Waals surface area contributed by atoms with Crippen LogP contribution in [0.4, 0.5) is 13.2 Å². The van der Waals surface area contributed by atoms with E-state index in [1.165, 1.54) is 6.07 Å². The van der Waals surface area contributed by atoms with E-state index in [4.69, 9.17) is 4.74 Å². The van der Waals surface area contributed by atoms with Crippen LogP contribution < -0.4 is 4.74 Å². The second-order valence-corrected chi connectivity index (χ2v) is 7.40. The molecule has 1 fully saturated rings. The molecule has 1 spiro atoms. The van der Waals surface area contributed by atoms with Gasteiger partial charge in [-0.25, -0.2) is 0 Å². The molecule has 2 aromatic rings. The summed E-state index contributed by atoms with van der Waals surface area (Å²) in [4.78, 5) is 2.28. The monoisotopic (exact) mass is 388 g/mol. The number of benzene rings is 1. The van der Waals surface area contributed by atoms with E-state index >= 15 is 0 Å². The third-order valence-corrected chi connectivity index (χ3v) is 5.80. The first-order chi connectivity index (χ1) is 13.4. The molecule has 3 nitrogen and oxygen atoms in total. The molecule has 0 aliphatic carbocycles. The molecule has 148 valence electrons. The molecule has 2 aliphatic heterocycles. The lowest BCUT2D eigenvalue weighted by atomic mass is 9.87. The Morgan fingerprint density at radius 1 is 1.11 bits per heavy atom. The van der Waals surface area contributed by atoms with Gasteiger partial charge in [0.15, 0.2) is 5.60 Å². The van der Waals surface area contributed by atoms with Crippen molar-refractivity contribution in [1.82, 2.24) is 9.47 Å². The standard InChI is InChI=1S/C22H23F3N2O/c1-3-12-26-13-10-21(11-14-26)20-9-8-16(4-2)27(20)15-17-18(22(23,24)25)6-5-7-19(17)28-21/h3-9H,1-2,10-15H2. The van der Waals surface area contributed by atoms with E-state index in [0.29, 0.717) is 18.6 Å². The van der Waals surface area contributed by atoms with Crippen LogP contribution in [0.25, 0.3) is 6.08 Å². The lowest BCUT2D eigenvalue weighted by molar-refractivity contribution is -0.138. The highest BCUT2D eigenvalue weighted by Gasteiger charge is 2.44. The van der Waals surface area contributed by atoms with Gasteiger partial charge in [-0.05, 0) is 30.3 Å². The highest BCUT2D eigenvalue weighted by atomic mass is 19.4. The van der Waals surface area contributed by atoms with Crippen LogP contribution in [0.2, 0.25) is 0 Å². The van der Waals surface area contributed by atoms with Gasteiger partial charge < -0.3 is 9.30 Å². The Hall–Kier alpha value is -2.47.